The topological polar surface area (TPSA) is 42.3 Å². The summed E-state index contributed by atoms with van der Waals surface area (Å²) in [4.78, 5) is 0. The summed E-state index contributed by atoms with van der Waals surface area (Å²) in [7, 11) is 1.88. The van der Waals surface area contributed by atoms with Gasteiger partial charge in [0.1, 0.15) is 0 Å². The normalized spacial score (nSPS) is 10.2. The van der Waals surface area contributed by atoms with Crippen LogP contribution in [0, 0.1) is 68.9 Å². The number of hydrogen-bond acceptors (Lipinski definition) is 0. The predicted molar refractivity (Wildman–Crippen MR) is 175 cm³/mol. The number of benzene rings is 4. The number of aryl methyl sites for hydroxylation is 8. The monoisotopic (exact) mass is 588 g/mol. The molecule has 0 aromatic heterocycles. The number of rotatable bonds is 8. The first-order chi connectivity index (χ1) is 18.6. The summed E-state index contributed by atoms with van der Waals surface area (Å²) in [5.74, 6) is 0. The van der Waals surface area contributed by atoms with Crippen LogP contribution in [0.5, 0.6) is 0 Å². The van der Waals surface area contributed by atoms with E-state index in [9.17, 15) is 0 Å². The Kier molecular flexibility index (Phi) is 15.0. The van der Waals surface area contributed by atoms with Crippen molar-refractivity contribution >= 4 is 11.4 Å². The van der Waals surface area contributed by atoms with Crippen molar-refractivity contribution in [2.45, 2.75) is 74.5 Å². The van der Waals surface area contributed by atoms with E-state index in [0.29, 0.717) is 0 Å². The maximum atomic E-state index is 5.26. The molecule has 0 amide bonds. The molecular formula is C37H46FeN3. The summed E-state index contributed by atoms with van der Waals surface area (Å²) in [6.07, 6.45) is 0.554. The Morgan fingerprint density at radius 2 is 1.02 bits per heavy atom. The van der Waals surface area contributed by atoms with E-state index in [4.69, 9.17) is 10.6 Å². The van der Waals surface area contributed by atoms with Gasteiger partial charge in [0, 0.05) is 0 Å². The molecule has 0 N–H and O–H groups in total. The minimum absolute atomic E-state index is 0. The summed E-state index contributed by atoms with van der Waals surface area (Å²) in [5, 5.41) is 15.0. The molecule has 0 aliphatic rings. The molecule has 0 atom stereocenters. The van der Waals surface area contributed by atoms with Crippen LogP contribution in [-0.4, -0.2) is 13.2 Å². The van der Waals surface area contributed by atoms with E-state index in [0.717, 1.165) is 24.3 Å². The molecule has 1 radical (unpaired) electrons. The minimum Gasteiger partial charge on any atom is -0.696 e. The third kappa shape index (κ3) is 10.4. The van der Waals surface area contributed by atoms with Crippen LogP contribution in [0.2, 0.25) is 0 Å². The van der Waals surface area contributed by atoms with Crippen molar-refractivity contribution in [3.63, 3.8) is 0 Å². The average molecular weight is 589 g/mol. The average Bonchev–Trinajstić information content (AvgIpc) is 2.86. The van der Waals surface area contributed by atoms with Crippen LogP contribution in [0.4, 0.5) is 11.4 Å². The second-order valence-electron chi connectivity index (χ2n) is 10.7. The Morgan fingerprint density at radius 3 is 1.39 bits per heavy atom. The molecule has 0 spiro atoms. The Balaban J connectivity index is 0.000000932. The second kappa shape index (κ2) is 17.0. The van der Waals surface area contributed by atoms with Crippen molar-refractivity contribution < 1.29 is 17.1 Å². The molecular weight excluding hydrogens is 542 g/mol. The van der Waals surface area contributed by atoms with E-state index in [1.165, 1.54) is 55.6 Å². The predicted octanol–water partition coefficient (Wildman–Crippen LogP) is 10.9. The quantitative estimate of drug-likeness (QED) is 0.145. The first-order valence-electron chi connectivity index (χ1n) is 13.7. The second-order valence-corrected chi connectivity index (χ2v) is 10.7. The summed E-state index contributed by atoms with van der Waals surface area (Å²) < 4.78 is 0. The zero-order valence-corrected chi connectivity index (χ0v) is 27.6. The van der Waals surface area contributed by atoms with Crippen molar-refractivity contribution in [1.29, 1.82) is 0 Å². The van der Waals surface area contributed by atoms with E-state index in [-0.39, 0.29) is 30.7 Å². The van der Waals surface area contributed by atoms with Crippen molar-refractivity contribution in [3.05, 3.63) is 152 Å². The first kappa shape index (κ1) is 36.0. The van der Waals surface area contributed by atoms with E-state index in [1.807, 2.05) is 37.4 Å². The van der Waals surface area contributed by atoms with Gasteiger partial charge in [0.05, 0.1) is 0 Å². The number of nitrogens with zero attached hydrogens (tertiary/aromatic N) is 3. The van der Waals surface area contributed by atoms with Crippen molar-refractivity contribution in [1.82, 2.24) is 0 Å². The SMILES string of the molecule is C[N-]Cc1cc(C)cc(C)c1CC([N-]c1c(C)cc(C)cc1C)[N-]c1c(C)cc(C)cc1C.[CH3-].[Fe+5].[c-]1ccccc1. The van der Waals surface area contributed by atoms with Crippen LogP contribution in [0.25, 0.3) is 16.0 Å². The van der Waals surface area contributed by atoms with Gasteiger partial charge < -0.3 is 23.4 Å². The minimum atomic E-state index is -0.206. The van der Waals surface area contributed by atoms with Gasteiger partial charge >= 0.3 is 17.1 Å². The standard InChI is InChI=1S/C30H38N3.C6H5.CH3.Fe/c1-18-11-22(5)29(23(6)12-18)32-28(33-30-24(7)13-19(2)14-25(30)8)16-27-21(4)10-20(3)15-26(27)17-31-9;1-2-4-6-5-3-1;;/h10-15,28H,16-17H2,1-9H3;1-5H;1H3;/q-3;2*-1;+5. The van der Waals surface area contributed by atoms with E-state index < -0.39 is 0 Å². The summed E-state index contributed by atoms with van der Waals surface area (Å²) in [5.41, 5.74) is 14.6. The van der Waals surface area contributed by atoms with Crippen molar-refractivity contribution in [2.75, 3.05) is 7.05 Å². The molecule has 0 aliphatic carbocycles. The van der Waals surface area contributed by atoms with Crippen molar-refractivity contribution in [3.8, 4) is 0 Å². The van der Waals surface area contributed by atoms with Gasteiger partial charge in [0.25, 0.3) is 0 Å². The molecule has 4 aromatic carbocycles. The molecule has 0 saturated carbocycles. The van der Waals surface area contributed by atoms with Gasteiger partial charge in [-0.2, -0.15) is 43.4 Å². The Morgan fingerprint density at radius 1 is 0.610 bits per heavy atom. The smallest absolute Gasteiger partial charge is 0.696 e. The maximum Gasteiger partial charge on any atom is 5.00 e. The van der Waals surface area contributed by atoms with Gasteiger partial charge in [0.15, 0.2) is 0 Å². The van der Waals surface area contributed by atoms with E-state index in [1.54, 1.807) is 0 Å². The van der Waals surface area contributed by atoms with Crippen LogP contribution in [0.3, 0.4) is 0 Å². The molecule has 217 valence electrons. The molecule has 0 saturated heterocycles. The third-order valence-corrected chi connectivity index (χ3v) is 6.86. The fourth-order valence-corrected chi connectivity index (χ4v) is 5.38. The van der Waals surface area contributed by atoms with Crippen LogP contribution >= 0.6 is 0 Å². The number of hydrogen-bond donors (Lipinski definition) is 0. The molecule has 3 nitrogen and oxygen atoms in total. The van der Waals surface area contributed by atoms with Gasteiger partial charge in [-0.05, 0) is 66.5 Å². The van der Waals surface area contributed by atoms with Crippen LogP contribution in [0.15, 0.2) is 66.7 Å². The van der Waals surface area contributed by atoms with E-state index in [2.05, 4.69) is 103 Å². The maximum absolute atomic E-state index is 5.26. The van der Waals surface area contributed by atoms with Crippen LogP contribution in [-0.2, 0) is 30.0 Å². The van der Waals surface area contributed by atoms with Gasteiger partial charge in [-0.3, -0.25) is 0 Å². The zero-order chi connectivity index (χ0) is 28.5. The molecule has 0 fully saturated rings. The fraction of sp³-hybridized carbons (Fsp3) is 0.324. The van der Waals surface area contributed by atoms with Gasteiger partial charge in [-0.1, -0.05) is 87.3 Å². The summed E-state index contributed by atoms with van der Waals surface area (Å²) >= 11 is 0. The Bertz CT molecular complexity index is 1250. The molecule has 0 aliphatic heterocycles. The molecule has 0 heterocycles. The van der Waals surface area contributed by atoms with Crippen molar-refractivity contribution in [2.24, 2.45) is 0 Å². The van der Waals surface area contributed by atoms with Crippen LogP contribution < -0.4 is 0 Å². The molecule has 4 aromatic rings. The molecule has 41 heavy (non-hydrogen) atoms. The molecule has 4 heteroatoms. The van der Waals surface area contributed by atoms with E-state index >= 15 is 0 Å². The first-order valence-corrected chi connectivity index (χ1v) is 13.7. The molecule has 4 rings (SSSR count). The largest absolute Gasteiger partial charge is 5.00 e. The summed E-state index contributed by atoms with van der Waals surface area (Å²) in [6.45, 7) is 17.9. The molecule has 0 bridgehead atoms. The Labute approximate surface area is 261 Å². The third-order valence-electron chi connectivity index (χ3n) is 6.86. The van der Waals surface area contributed by atoms with Gasteiger partial charge in [-0.15, -0.1) is 17.9 Å². The zero-order valence-electron chi connectivity index (χ0n) is 26.5. The van der Waals surface area contributed by atoms with Gasteiger partial charge in [-0.25, -0.2) is 6.17 Å². The fourth-order valence-electron chi connectivity index (χ4n) is 5.38. The van der Waals surface area contributed by atoms with Gasteiger partial charge in [0.2, 0.25) is 0 Å². The Hall–Kier alpha value is -3.04. The van der Waals surface area contributed by atoms with Crippen LogP contribution in [0.1, 0.15) is 55.6 Å². The molecule has 0 unspecified atom stereocenters. The summed E-state index contributed by atoms with van der Waals surface area (Å²) in [6, 6.07) is 25.9.